The Bertz CT molecular complexity index is 369. The van der Waals surface area contributed by atoms with Gasteiger partial charge in [0, 0.05) is 13.7 Å². The number of nitrogens with one attached hydrogen (secondary N) is 1. The van der Waals surface area contributed by atoms with Gasteiger partial charge in [-0.05, 0) is 31.9 Å². The molecule has 0 amide bonds. The first-order valence-corrected chi connectivity index (χ1v) is 6.19. The van der Waals surface area contributed by atoms with Crippen LogP contribution in [0.2, 0.25) is 0 Å². The van der Waals surface area contributed by atoms with Crippen molar-refractivity contribution in [2.24, 2.45) is 5.92 Å². The lowest BCUT2D eigenvalue weighted by Gasteiger charge is -2.15. The standard InChI is InChI=1S/C13H23N3O2/c1-9(2)18-13-11(14)5-6-12(16-13)15-7-10(3)8-17-4/h5-6,9-10H,7-8,14H2,1-4H3,(H,15,16). The van der Waals surface area contributed by atoms with Gasteiger partial charge >= 0.3 is 0 Å². The Morgan fingerprint density at radius 3 is 2.67 bits per heavy atom. The van der Waals surface area contributed by atoms with E-state index in [-0.39, 0.29) is 6.10 Å². The van der Waals surface area contributed by atoms with E-state index in [1.165, 1.54) is 0 Å². The van der Waals surface area contributed by atoms with Gasteiger partial charge in [0.1, 0.15) is 5.82 Å². The van der Waals surface area contributed by atoms with Gasteiger partial charge in [0.25, 0.3) is 0 Å². The van der Waals surface area contributed by atoms with Crippen LogP contribution < -0.4 is 15.8 Å². The average molecular weight is 253 g/mol. The molecule has 0 aromatic carbocycles. The average Bonchev–Trinajstić information content (AvgIpc) is 2.30. The number of hydrogen-bond donors (Lipinski definition) is 2. The second-order valence-electron chi connectivity index (χ2n) is 4.70. The van der Waals surface area contributed by atoms with Crippen LogP contribution in [-0.4, -0.2) is 31.3 Å². The summed E-state index contributed by atoms with van der Waals surface area (Å²) < 4.78 is 10.6. The summed E-state index contributed by atoms with van der Waals surface area (Å²) >= 11 is 0. The van der Waals surface area contributed by atoms with Gasteiger partial charge in [0.05, 0.1) is 18.4 Å². The molecule has 3 N–H and O–H groups in total. The largest absolute Gasteiger partial charge is 0.473 e. The second-order valence-corrected chi connectivity index (χ2v) is 4.70. The lowest BCUT2D eigenvalue weighted by molar-refractivity contribution is 0.164. The minimum atomic E-state index is 0.0578. The zero-order valence-corrected chi connectivity index (χ0v) is 11.6. The Morgan fingerprint density at radius 1 is 1.33 bits per heavy atom. The van der Waals surface area contributed by atoms with E-state index in [1.807, 2.05) is 19.9 Å². The molecule has 0 aliphatic heterocycles. The molecule has 5 nitrogen and oxygen atoms in total. The predicted octanol–water partition coefficient (Wildman–Crippen LogP) is 2.15. The maximum atomic E-state index is 5.81. The zero-order chi connectivity index (χ0) is 13.5. The number of ether oxygens (including phenoxy) is 2. The first kappa shape index (κ1) is 14.6. The first-order chi connectivity index (χ1) is 8.52. The number of nitrogens with zero attached hydrogens (tertiary/aromatic N) is 1. The van der Waals surface area contributed by atoms with E-state index >= 15 is 0 Å². The number of pyridine rings is 1. The molecule has 18 heavy (non-hydrogen) atoms. The molecule has 0 bridgehead atoms. The highest BCUT2D eigenvalue weighted by molar-refractivity contribution is 5.53. The summed E-state index contributed by atoms with van der Waals surface area (Å²) in [5.74, 6) is 1.67. The molecule has 0 fully saturated rings. The van der Waals surface area contributed by atoms with Gasteiger partial charge in [-0.25, -0.2) is 0 Å². The van der Waals surface area contributed by atoms with Gasteiger partial charge < -0.3 is 20.5 Å². The minimum Gasteiger partial charge on any atom is -0.473 e. The Labute approximate surface area is 109 Å². The normalized spacial score (nSPS) is 12.5. The summed E-state index contributed by atoms with van der Waals surface area (Å²) in [6, 6.07) is 3.65. The fraction of sp³-hybridized carbons (Fsp3) is 0.615. The topological polar surface area (TPSA) is 69.4 Å². The third-order valence-electron chi connectivity index (χ3n) is 2.32. The third-order valence-corrected chi connectivity index (χ3v) is 2.32. The maximum Gasteiger partial charge on any atom is 0.239 e. The van der Waals surface area contributed by atoms with Crippen molar-refractivity contribution in [3.8, 4) is 5.88 Å². The summed E-state index contributed by atoms with van der Waals surface area (Å²) in [4.78, 5) is 4.35. The summed E-state index contributed by atoms with van der Waals surface area (Å²) in [5, 5.41) is 3.24. The van der Waals surface area contributed by atoms with Crippen molar-refractivity contribution in [3.05, 3.63) is 12.1 Å². The molecule has 1 rings (SSSR count). The zero-order valence-electron chi connectivity index (χ0n) is 11.6. The van der Waals surface area contributed by atoms with Gasteiger partial charge in [0.2, 0.25) is 5.88 Å². The third kappa shape index (κ3) is 4.79. The molecular formula is C13H23N3O2. The number of rotatable bonds is 7. The number of hydrogen-bond acceptors (Lipinski definition) is 5. The molecule has 1 heterocycles. The number of nitrogen functional groups attached to an aromatic ring is 1. The number of methoxy groups -OCH3 is 1. The van der Waals surface area contributed by atoms with Crippen LogP contribution in [0.3, 0.4) is 0 Å². The Kier molecular flexibility index (Phi) is 5.71. The van der Waals surface area contributed by atoms with Crippen molar-refractivity contribution in [3.63, 3.8) is 0 Å². The highest BCUT2D eigenvalue weighted by atomic mass is 16.5. The highest BCUT2D eigenvalue weighted by Gasteiger charge is 2.07. The molecule has 0 aliphatic rings. The van der Waals surface area contributed by atoms with Crippen LogP contribution in [0.15, 0.2) is 12.1 Å². The highest BCUT2D eigenvalue weighted by Crippen LogP contribution is 2.22. The number of nitrogens with two attached hydrogens (primary N) is 1. The van der Waals surface area contributed by atoms with Gasteiger partial charge in [0.15, 0.2) is 0 Å². The van der Waals surface area contributed by atoms with Gasteiger partial charge in [-0.3, -0.25) is 0 Å². The molecule has 1 aromatic rings. The molecule has 1 atom stereocenters. The molecule has 0 aliphatic carbocycles. The smallest absolute Gasteiger partial charge is 0.239 e. The quantitative estimate of drug-likeness (QED) is 0.779. The van der Waals surface area contributed by atoms with Gasteiger partial charge in [-0.1, -0.05) is 6.92 Å². The van der Waals surface area contributed by atoms with E-state index in [2.05, 4.69) is 17.2 Å². The molecule has 102 valence electrons. The van der Waals surface area contributed by atoms with E-state index in [9.17, 15) is 0 Å². The van der Waals surface area contributed by atoms with Crippen LogP contribution in [0.25, 0.3) is 0 Å². The van der Waals surface area contributed by atoms with Crippen LogP contribution in [-0.2, 0) is 4.74 Å². The minimum absolute atomic E-state index is 0.0578. The molecule has 0 saturated heterocycles. The van der Waals surface area contributed by atoms with Crippen molar-refractivity contribution in [1.29, 1.82) is 0 Å². The van der Waals surface area contributed by atoms with E-state index in [0.717, 1.165) is 19.0 Å². The van der Waals surface area contributed by atoms with Crippen molar-refractivity contribution in [2.45, 2.75) is 26.9 Å². The van der Waals surface area contributed by atoms with E-state index < -0.39 is 0 Å². The van der Waals surface area contributed by atoms with Gasteiger partial charge in [-0.2, -0.15) is 4.98 Å². The van der Waals surface area contributed by atoms with Crippen LogP contribution in [0.4, 0.5) is 11.5 Å². The Balaban J connectivity index is 2.61. The molecule has 0 spiro atoms. The van der Waals surface area contributed by atoms with Crippen LogP contribution in [0.1, 0.15) is 20.8 Å². The van der Waals surface area contributed by atoms with Crippen molar-refractivity contribution in [2.75, 3.05) is 31.3 Å². The van der Waals surface area contributed by atoms with E-state index in [0.29, 0.717) is 17.5 Å². The van der Waals surface area contributed by atoms with E-state index in [4.69, 9.17) is 15.2 Å². The fourth-order valence-electron chi connectivity index (χ4n) is 1.49. The van der Waals surface area contributed by atoms with Crippen LogP contribution >= 0.6 is 0 Å². The van der Waals surface area contributed by atoms with Crippen LogP contribution in [0.5, 0.6) is 5.88 Å². The number of aromatic nitrogens is 1. The van der Waals surface area contributed by atoms with Crippen LogP contribution in [0, 0.1) is 5.92 Å². The summed E-state index contributed by atoms with van der Waals surface area (Å²) in [6.07, 6.45) is 0.0578. The summed E-state index contributed by atoms with van der Waals surface area (Å²) in [6.45, 7) is 7.52. The first-order valence-electron chi connectivity index (χ1n) is 6.19. The maximum absolute atomic E-state index is 5.81. The molecule has 0 radical (unpaired) electrons. The molecule has 1 aromatic heterocycles. The molecule has 5 heteroatoms. The number of anilines is 2. The predicted molar refractivity (Wildman–Crippen MR) is 73.9 cm³/mol. The molecular weight excluding hydrogens is 230 g/mol. The lowest BCUT2D eigenvalue weighted by Crippen LogP contribution is -2.17. The Morgan fingerprint density at radius 2 is 2.06 bits per heavy atom. The van der Waals surface area contributed by atoms with Crippen molar-refractivity contribution >= 4 is 11.5 Å². The van der Waals surface area contributed by atoms with E-state index in [1.54, 1.807) is 13.2 Å². The Hall–Kier alpha value is -1.49. The van der Waals surface area contributed by atoms with Gasteiger partial charge in [-0.15, -0.1) is 0 Å². The van der Waals surface area contributed by atoms with Crippen molar-refractivity contribution < 1.29 is 9.47 Å². The SMILES string of the molecule is COCC(C)CNc1ccc(N)c(OC(C)C)n1. The fourth-order valence-corrected chi connectivity index (χ4v) is 1.49. The summed E-state index contributed by atoms with van der Waals surface area (Å²) in [7, 11) is 1.70. The lowest BCUT2D eigenvalue weighted by atomic mass is 10.2. The molecule has 0 saturated carbocycles. The van der Waals surface area contributed by atoms with Crippen molar-refractivity contribution in [1.82, 2.24) is 4.98 Å². The monoisotopic (exact) mass is 253 g/mol. The summed E-state index contributed by atoms with van der Waals surface area (Å²) in [5.41, 5.74) is 6.36. The second kappa shape index (κ2) is 7.06. The molecule has 1 unspecified atom stereocenters.